The maximum atomic E-state index is 4.51. The lowest BCUT2D eigenvalue weighted by Crippen LogP contribution is -2.25. The summed E-state index contributed by atoms with van der Waals surface area (Å²) in [6, 6.07) is 1.17. The summed E-state index contributed by atoms with van der Waals surface area (Å²) in [6.07, 6.45) is 13.3. The summed E-state index contributed by atoms with van der Waals surface area (Å²) in [5, 5.41) is 3.65. The molecule has 3 nitrogen and oxygen atoms in total. The minimum atomic E-state index is 0.538. The SMILES string of the molecule is CC(C)CCC(C)n1ccnc1NC1CCCCC1. The van der Waals surface area contributed by atoms with Gasteiger partial charge in [-0.1, -0.05) is 33.1 Å². The minimum absolute atomic E-state index is 0.538. The zero-order chi connectivity index (χ0) is 13.7. The molecular formula is C16H29N3. The molecule has 0 saturated heterocycles. The van der Waals surface area contributed by atoms with E-state index in [1.54, 1.807) is 0 Å². The average Bonchev–Trinajstić information content (AvgIpc) is 2.85. The number of nitrogens with one attached hydrogen (secondary N) is 1. The van der Waals surface area contributed by atoms with Gasteiger partial charge in [0.05, 0.1) is 0 Å². The number of anilines is 1. The molecule has 0 bridgehead atoms. The lowest BCUT2D eigenvalue weighted by Gasteiger charge is -2.25. The Morgan fingerprint density at radius 1 is 1.21 bits per heavy atom. The summed E-state index contributed by atoms with van der Waals surface area (Å²) in [5.41, 5.74) is 0. The molecule has 1 heterocycles. The van der Waals surface area contributed by atoms with Crippen molar-refractivity contribution < 1.29 is 0 Å². The second kappa shape index (κ2) is 6.97. The normalized spacial score (nSPS) is 18.7. The molecule has 0 aromatic carbocycles. The van der Waals surface area contributed by atoms with Crippen LogP contribution in [0.25, 0.3) is 0 Å². The van der Waals surface area contributed by atoms with Gasteiger partial charge >= 0.3 is 0 Å². The van der Waals surface area contributed by atoms with Crippen LogP contribution in [0.1, 0.15) is 71.8 Å². The highest BCUT2D eigenvalue weighted by atomic mass is 15.2. The Bertz CT molecular complexity index is 364. The van der Waals surface area contributed by atoms with Gasteiger partial charge in [-0.15, -0.1) is 0 Å². The highest BCUT2D eigenvalue weighted by Crippen LogP contribution is 2.24. The van der Waals surface area contributed by atoms with E-state index in [2.05, 4.69) is 41.8 Å². The number of hydrogen-bond acceptors (Lipinski definition) is 2. The predicted molar refractivity (Wildman–Crippen MR) is 81.5 cm³/mol. The van der Waals surface area contributed by atoms with Crippen LogP contribution in [0.4, 0.5) is 5.95 Å². The van der Waals surface area contributed by atoms with Crippen LogP contribution in [-0.2, 0) is 0 Å². The average molecular weight is 263 g/mol. The van der Waals surface area contributed by atoms with Crippen molar-refractivity contribution in [1.29, 1.82) is 0 Å². The fourth-order valence-electron chi connectivity index (χ4n) is 2.92. The molecule has 1 unspecified atom stereocenters. The Balaban J connectivity index is 1.92. The lowest BCUT2D eigenvalue weighted by molar-refractivity contribution is 0.431. The number of rotatable bonds is 6. The van der Waals surface area contributed by atoms with E-state index in [0.717, 1.165) is 11.9 Å². The highest BCUT2D eigenvalue weighted by molar-refractivity contribution is 5.28. The third-order valence-electron chi connectivity index (χ3n) is 4.24. The van der Waals surface area contributed by atoms with Crippen LogP contribution in [0.3, 0.4) is 0 Å². The number of nitrogens with zero attached hydrogens (tertiary/aromatic N) is 2. The summed E-state index contributed by atoms with van der Waals surface area (Å²) in [7, 11) is 0. The Labute approximate surface area is 117 Å². The molecule has 19 heavy (non-hydrogen) atoms. The molecule has 1 aromatic rings. The van der Waals surface area contributed by atoms with E-state index in [9.17, 15) is 0 Å². The highest BCUT2D eigenvalue weighted by Gasteiger charge is 2.17. The van der Waals surface area contributed by atoms with E-state index in [1.807, 2.05) is 6.20 Å². The Hall–Kier alpha value is -0.990. The Morgan fingerprint density at radius 2 is 1.95 bits per heavy atom. The van der Waals surface area contributed by atoms with Crippen molar-refractivity contribution in [2.24, 2.45) is 5.92 Å². The molecular weight excluding hydrogens is 234 g/mol. The zero-order valence-corrected chi connectivity index (χ0v) is 12.7. The van der Waals surface area contributed by atoms with E-state index in [4.69, 9.17) is 0 Å². The van der Waals surface area contributed by atoms with Gasteiger partial charge < -0.3 is 9.88 Å². The van der Waals surface area contributed by atoms with E-state index in [-0.39, 0.29) is 0 Å². The van der Waals surface area contributed by atoms with Gasteiger partial charge in [0, 0.05) is 24.5 Å². The molecule has 1 aliphatic carbocycles. The zero-order valence-electron chi connectivity index (χ0n) is 12.7. The third-order valence-corrected chi connectivity index (χ3v) is 4.24. The number of imidazole rings is 1. The quantitative estimate of drug-likeness (QED) is 0.811. The molecule has 1 N–H and O–H groups in total. The summed E-state index contributed by atoms with van der Waals surface area (Å²) in [5.74, 6) is 1.85. The van der Waals surface area contributed by atoms with Crippen LogP contribution < -0.4 is 5.32 Å². The summed E-state index contributed by atoms with van der Waals surface area (Å²) in [6.45, 7) is 6.89. The number of hydrogen-bond donors (Lipinski definition) is 1. The predicted octanol–water partition coefficient (Wildman–Crippen LogP) is 4.62. The minimum Gasteiger partial charge on any atom is -0.353 e. The van der Waals surface area contributed by atoms with Crippen molar-refractivity contribution in [3.63, 3.8) is 0 Å². The van der Waals surface area contributed by atoms with Crippen molar-refractivity contribution >= 4 is 5.95 Å². The van der Waals surface area contributed by atoms with Crippen molar-refractivity contribution in [1.82, 2.24) is 9.55 Å². The molecule has 0 amide bonds. The molecule has 1 aliphatic rings. The summed E-state index contributed by atoms with van der Waals surface area (Å²) >= 11 is 0. The van der Waals surface area contributed by atoms with Crippen LogP contribution in [0.2, 0.25) is 0 Å². The smallest absolute Gasteiger partial charge is 0.203 e. The van der Waals surface area contributed by atoms with Crippen molar-refractivity contribution in [3.8, 4) is 0 Å². The van der Waals surface area contributed by atoms with Gasteiger partial charge in [0.25, 0.3) is 0 Å². The third kappa shape index (κ3) is 4.26. The molecule has 0 radical (unpaired) electrons. The second-order valence-electron chi connectivity index (χ2n) is 6.46. The molecule has 0 spiro atoms. The van der Waals surface area contributed by atoms with E-state index in [0.29, 0.717) is 12.1 Å². The van der Waals surface area contributed by atoms with E-state index in [1.165, 1.54) is 44.9 Å². The topological polar surface area (TPSA) is 29.9 Å². The van der Waals surface area contributed by atoms with Crippen molar-refractivity contribution in [2.45, 2.75) is 77.8 Å². The largest absolute Gasteiger partial charge is 0.353 e. The fourth-order valence-corrected chi connectivity index (χ4v) is 2.92. The van der Waals surface area contributed by atoms with Crippen molar-refractivity contribution in [2.75, 3.05) is 5.32 Å². The van der Waals surface area contributed by atoms with E-state index < -0.39 is 0 Å². The Kier molecular flexibility index (Phi) is 5.29. The van der Waals surface area contributed by atoms with Gasteiger partial charge in [0.15, 0.2) is 0 Å². The van der Waals surface area contributed by atoms with Crippen LogP contribution in [-0.4, -0.2) is 15.6 Å². The van der Waals surface area contributed by atoms with Gasteiger partial charge in [-0.2, -0.15) is 0 Å². The molecule has 2 rings (SSSR count). The molecule has 1 saturated carbocycles. The summed E-state index contributed by atoms with van der Waals surface area (Å²) in [4.78, 5) is 4.51. The number of aromatic nitrogens is 2. The van der Waals surface area contributed by atoms with Gasteiger partial charge in [0.2, 0.25) is 5.95 Å². The molecule has 1 fully saturated rings. The fraction of sp³-hybridized carbons (Fsp3) is 0.812. The Morgan fingerprint density at radius 3 is 2.63 bits per heavy atom. The lowest BCUT2D eigenvalue weighted by atomic mass is 9.96. The first-order valence-corrected chi connectivity index (χ1v) is 7.96. The first kappa shape index (κ1) is 14.4. The van der Waals surface area contributed by atoms with Crippen molar-refractivity contribution in [3.05, 3.63) is 12.4 Å². The molecule has 1 atom stereocenters. The molecule has 3 heteroatoms. The maximum absolute atomic E-state index is 4.51. The van der Waals surface area contributed by atoms with Gasteiger partial charge in [-0.3, -0.25) is 0 Å². The van der Waals surface area contributed by atoms with Crippen LogP contribution in [0.5, 0.6) is 0 Å². The monoisotopic (exact) mass is 263 g/mol. The maximum Gasteiger partial charge on any atom is 0.203 e. The van der Waals surface area contributed by atoms with Gasteiger partial charge in [-0.25, -0.2) is 4.98 Å². The van der Waals surface area contributed by atoms with E-state index >= 15 is 0 Å². The first-order chi connectivity index (χ1) is 9.16. The molecule has 1 aromatic heterocycles. The molecule has 108 valence electrons. The van der Waals surface area contributed by atoms with Crippen LogP contribution in [0.15, 0.2) is 12.4 Å². The summed E-state index contributed by atoms with van der Waals surface area (Å²) < 4.78 is 2.32. The standard InChI is InChI=1S/C16H29N3/c1-13(2)9-10-14(3)19-12-11-17-16(19)18-15-7-5-4-6-8-15/h11-15H,4-10H2,1-3H3,(H,17,18). The molecule has 0 aliphatic heterocycles. The van der Waals surface area contributed by atoms with Crippen LogP contribution in [0, 0.1) is 5.92 Å². The van der Waals surface area contributed by atoms with Gasteiger partial charge in [-0.05, 0) is 38.5 Å². The second-order valence-corrected chi connectivity index (χ2v) is 6.46. The van der Waals surface area contributed by atoms with Crippen LogP contribution >= 0.6 is 0 Å². The first-order valence-electron chi connectivity index (χ1n) is 7.96. The van der Waals surface area contributed by atoms with Gasteiger partial charge in [0.1, 0.15) is 0 Å².